The van der Waals surface area contributed by atoms with Gasteiger partial charge in [0.15, 0.2) is 0 Å². The Balaban J connectivity index is 2.40. The van der Waals surface area contributed by atoms with Crippen molar-refractivity contribution in [2.75, 3.05) is 18.4 Å². The Morgan fingerprint density at radius 1 is 1.28 bits per heavy atom. The monoisotopic (exact) mass is 250 g/mol. The molecule has 0 bridgehead atoms. The maximum Gasteiger partial charge on any atom is 0.225 e. The van der Waals surface area contributed by atoms with Crippen LogP contribution in [0.3, 0.4) is 0 Å². The third kappa shape index (κ3) is 5.68. The van der Waals surface area contributed by atoms with E-state index in [-0.39, 0.29) is 12.0 Å². The molecule has 1 amide bonds. The van der Waals surface area contributed by atoms with Crippen molar-refractivity contribution in [3.8, 4) is 5.75 Å². The number of carbonyl (C=O) groups is 1. The van der Waals surface area contributed by atoms with Gasteiger partial charge in [-0.15, -0.1) is 0 Å². The smallest absolute Gasteiger partial charge is 0.225 e. The number of carbonyl (C=O) groups excluding carboxylic acids is 1. The quantitative estimate of drug-likeness (QED) is 0.731. The fourth-order valence-electron chi connectivity index (χ4n) is 1.49. The molecule has 0 spiro atoms. The normalized spacial score (nSPS) is 10.4. The lowest BCUT2D eigenvalue weighted by Crippen LogP contribution is -2.21. The van der Waals surface area contributed by atoms with E-state index in [2.05, 4.69) is 10.6 Å². The minimum atomic E-state index is 0.0217. The lowest BCUT2D eigenvalue weighted by atomic mass is 10.3. The average molecular weight is 250 g/mol. The van der Waals surface area contributed by atoms with Crippen LogP contribution in [0.1, 0.15) is 27.2 Å². The summed E-state index contributed by atoms with van der Waals surface area (Å²) in [5.41, 5.74) is 0.799. The maximum absolute atomic E-state index is 11.6. The van der Waals surface area contributed by atoms with Crippen molar-refractivity contribution in [3.63, 3.8) is 0 Å². The van der Waals surface area contributed by atoms with Crippen molar-refractivity contribution in [1.82, 2.24) is 5.32 Å². The summed E-state index contributed by atoms with van der Waals surface area (Å²) >= 11 is 0. The van der Waals surface area contributed by atoms with Gasteiger partial charge in [-0.1, -0.05) is 6.92 Å². The molecule has 0 saturated carbocycles. The Morgan fingerprint density at radius 3 is 2.50 bits per heavy atom. The van der Waals surface area contributed by atoms with Gasteiger partial charge in [0, 0.05) is 18.7 Å². The van der Waals surface area contributed by atoms with Crippen molar-refractivity contribution in [3.05, 3.63) is 24.3 Å². The molecular formula is C14H22N2O2. The summed E-state index contributed by atoms with van der Waals surface area (Å²) in [7, 11) is 0. The van der Waals surface area contributed by atoms with E-state index in [1.807, 2.05) is 45.0 Å². The topological polar surface area (TPSA) is 50.4 Å². The molecule has 0 fully saturated rings. The third-order valence-electron chi connectivity index (χ3n) is 2.29. The molecule has 0 aliphatic carbocycles. The molecule has 0 saturated heterocycles. The number of rotatable bonds is 7. The predicted molar refractivity (Wildman–Crippen MR) is 74.0 cm³/mol. The molecule has 2 N–H and O–H groups in total. The van der Waals surface area contributed by atoms with E-state index in [1.54, 1.807) is 0 Å². The van der Waals surface area contributed by atoms with Crippen LogP contribution in [0, 0.1) is 0 Å². The highest BCUT2D eigenvalue weighted by molar-refractivity contribution is 5.90. The van der Waals surface area contributed by atoms with Gasteiger partial charge in [0.05, 0.1) is 6.10 Å². The van der Waals surface area contributed by atoms with Crippen LogP contribution in [0.4, 0.5) is 5.69 Å². The van der Waals surface area contributed by atoms with E-state index in [9.17, 15) is 4.79 Å². The number of anilines is 1. The Labute approximate surface area is 109 Å². The number of hydrogen-bond acceptors (Lipinski definition) is 3. The van der Waals surface area contributed by atoms with E-state index in [1.165, 1.54) is 0 Å². The zero-order valence-corrected chi connectivity index (χ0v) is 11.3. The van der Waals surface area contributed by atoms with Gasteiger partial charge in [0.25, 0.3) is 0 Å². The van der Waals surface area contributed by atoms with Gasteiger partial charge in [0.2, 0.25) is 5.91 Å². The zero-order chi connectivity index (χ0) is 13.4. The molecular weight excluding hydrogens is 228 g/mol. The van der Waals surface area contributed by atoms with E-state index in [0.29, 0.717) is 13.0 Å². The lowest BCUT2D eigenvalue weighted by Gasteiger charge is -2.10. The Kier molecular flexibility index (Phi) is 6.22. The van der Waals surface area contributed by atoms with Gasteiger partial charge in [-0.25, -0.2) is 0 Å². The van der Waals surface area contributed by atoms with Gasteiger partial charge < -0.3 is 15.4 Å². The first-order valence-electron chi connectivity index (χ1n) is 6.39. The molecule has 0 radical (unpaired) electrons. The Bertz CT molecular complexity index is 361. The number of hydrogen-bond donors (Lipinski definition) is 2. The highest BCUT2D eigenvalue weighted by Gasteiger charge is 2.02. The van der Waals surface area contributed by atoms with Crippen LogP contribution in [0.5, 0.6) is 5.75 Å². The Morgan fingerprint density at radius 2 is 1.94 bits per heavy atom. The number of nitrogens with one attached hydrogen (secondary N) is 2. The van der Waals surface area contributed by atoms with Crippen LogP contribution in [0.2, 0.25) is 0 Å². The summed E-state index contributed by atoms with van der Waals surface area (Å²) in [6, 6.07) is 7.42. The van der Waals surface area contributed by atoms with Crippen LogP contribution in [0.15, 0.2) is 24.3 Å². The fraction of sp³-hybridized carbons (Fsp3) is 0.500. The molecule has 4 nitrogen and oxygen atoms in total. The first kappa shape index (κ1) is 14.5. The highest BCUT2D eigenvalue weighted by Crippen LogP contribution is 2.16. The van der Waals surface area contributed by atoms with Crippen LogP contribution >= 0.6 is 0 Å². The van der Waals surface area contributed by atoms with Crippen molar-refractivity contribution in [1.29, 1.82) is 0 Å². The van der Waals surface area contributed by atoms with E-state index < -0.39 is 0 Å². The second-order valence-corrected chi connectivity index (χ2v) is 4.34. The van der Waals surface area contributed by atoms with E-state index >= 15 is 0 Å². The van der Waals surface area contributed by atoms with Gasteiger partial charge in [-0.3, -0.25) is 4.79 Å². The molecule has 4 heteroatoms. The van der Waals surface area contributed by atoms with E-state index in [4.69, 9.17) is 4.74 Å². The third-order valence-corrected chi connectivity index (χ3v) is 2.29. The molecule has 1 aromatic rings. The summed E-state index contributed by atoms with van der Waals surface area (Å²) in [6.45, 7) is 7.57. The van der Waals surface area contributed by atoms with Crippen LogP contribution in [-0.4, -0.2) is 25.1 Å². The fourth-order valence-corrected chi connectivity index (χ4v) is 1.49. The molecule has 0 atom stereocenters. The minimum Gasteiger partial charge on any atom is -0.491 e. The summed E-state index contributed by atoms with van der Waals surface area (Å²) in [5.74, 6) is 0.837. The summed E-state index contributed by atoms with van der Waals surface area (Å²) in [5, 5.41) is 5.96. The van der Waals surface area contributed by atoms with Gasteiger partial charge in [-0.2, -0.15) is 0 Å². The number of ether oxygens (including phenoxy) is 1. The molecule has 0 heterocycles. The summed E-state index contributed by atoms with van der Waals surface area (Å²) < 4.78 is 5.53. The maximum atomic E-state index is 11.6. The van der Waals surface area contributed by atoms with Gasteiger partial charge >= 0.3 is 0 Å². The molecule has 0 aromatic heterocycles. The van der Waals surface area contributed by atoms with Crippen LogP contribution in [0.25, 0.3) is 0 Å². The molecule has 0 aliphatic rings. The van der Waals surface area contributed by atoms with Gasteiger partial charge in [0.1, 0.15) is 5.75 Å². The Hall–Kier alpha value is -1.55. The average Bonchev–Trinajstić information content (AvgIpc) is 2.31. The van der Waals surface area contributed by atoms with E-state index in [0.717, 1.165) is 18.0 Å². The highest BCUT2D eigenvalue weighted by atomic mass is 16.5. The molecule has 1 rings (SSSR count). The van der Waals surface area contributed by atoms with Crippen LogP contribution in [-0.2, 0) is 4.79 Å². The van der Waals surface area contributed by atoms with Crippen molar-refractivity contribution >= 4 is 11.6 Å². The van der Waals surface area contributed by atoms with Crippen molar-refractivity contribution in [2.24, 2.45) is 0 Å². The second kappa shape index (κ2) is 7.71. The first-order valence-corrected chi connectivity index (χ1v) is 6.39. The number of amides is 1. The second-order valence-electron chi connectivity index (χ2n) is 4.34. The summed E-state index contributed by atoms with van der Waals surface area (Å²) in [4.78, 5) is 11.6. The first-order chi connectivity index (χ1) is 8.61. The van der Waals surface area contributed by atoms with Crippen LogP contribution < -0.4 is 15.4 Å². The predicted octanol–water partition coefficient (Wildman–Crippen LogP) is 2.41. The molecule has 18 heavy (non-hydrogen) atoms. The standard InChI is InChI=1S/C14H22N2O2/c1-4-15-10-9-14(17)16-12-5-7-13(8-6-12)18-11(2)3/h5-8,11,15H,4,9-10H2,1-3H3,(H,16,17). The molecule has 100 valence electrons. The largest absolute Gasteiger partial charge is 0.491 e. The molecule has 0 aliphatic heterocycles. The molecule has 1 aromatic carbocycles. The summed E-state index contributed by atoms with van der Waals surface area (Å²) in [6.07, 6.45) is 0.642. The van der Waals surface area contributed by atoms with Crippen molar-refractivity contribution < 1.29 is 9.53 Å². The number of benzene rings is 1. The lowest BCUT2D eigenvalue weighted by molar-refractivity contribution is -0.116. The SMILES string of the molecule is CCNCCC(=O)Nc1ccc(OC(C)C)cc1. The van der Waals surface area contributed by atoms with Crippen molar-refractivity contribution in [2.45, 2.75) is 33.3 Å². The zero-order valence-electron chi connectivity index (χ0n) is 11.3. The van der Waals surface area contributed by atoms with Gasteiger partial charge in [-0.05, 0) is 44.7 Å². The minimum absolute atomic E-state index is 0.0217. The molecule has 0 unspecified atom stereocenters.